The highest BCUT2D eigenvalue weighted by Crippen LogP contribution is 2.18. The smallest absolute Gasteiger partial charge is 0.129 e. The second-order valence-corrected chi connectivity index (χ2v) is 4.18. The molecule has 0 saturated heterocycles. The zero-order chi connectivity index (χ0) is 12.1. The summed E-state index contributed by atoms with van der Waals surface area (Å²) in [4.78, 5) is 0. The molecule has 0 aliphatic carbocycles. The van der Waals surface area contributed by atoms with Crippen LogP contribution in [0.2, 0.25) is 0 Å². The average molecular weight is 227 g/mol. The summed E-state index contributed by atoms with van der Waals surface area (Å²) < 4.78 is 26.1. The van der Waals surface area contributed by atoms with Crippen LogP contribution in [0.15, 0.2) is 18.2 Å². The van der Waals surface area contributed by atoms with Crippen molar-refractivity contribution in [2.75, 3.05) is 0 Å². The van der Waals surface area contributed by atoms with E-state index in [0.717, 1.165) is 18.9 Å². The first-order valence-corrected chi connectivity index (χ1v) is 5.78. The Morgan fingerprint density at radius 3 is 2.31 bits per heavy atom. The van der Waals surface area contributed by atoms with Gasteiger partial charge in [0, 0.05) is 12.1 Å². The van der Waals surface area contributed by atoms with Crippen LogP contribution in [0.25, 0.3) is 0 Å². The number of hydrogen-bond acceptors (Lipinski definition) is 1. The lowest BCUT2D eigenvalue weighted by Crippen LogP contribution is -2.31. The van der Waals surface area contributed by atoms with Crippen LogP contribution >= 0.6 is 0 Å². The molecule has 0 bridgehead atoms. The van der Waals surface area contributed by atoms with E-state index in [2.05, 4.69) is 13.8 Å². The Labute approximate surface area is 95.7 Å². The fourth-order valence-corrected chi connectivity index (χ4v) is 2.00. The highest BCUT2D eigenvalue weighted by molar-refractivity contribution is 5.19. The number of rotatable bonds is 5. The molecule has 0 amide bonds. The molecule has 0 fully saturated rings. The van der Waals surface area contributed by atoms with Crippen molar-refractivity contribution in [1.29, 1.82) is 0 Å². The van der Waals surface area contributed by atoms with Crippen molar-refractivity contribution >= 4 is 0 Å². The lowest BCUT2D eigenvalue weighted by atomic mass is 9.90. The van der Waals surface area contributed by atoms with Crippen LogP contribution in [-0.4, -0.2) is 6.04 Å². The van der Waals surface area contributed by atoms with Gasteiger partial charge in [-0.15, -0.1) is 0 Å². The zero-order valence-electron chi connectivity index (χ0n) is 9.84. The summed E-state index contributed by atoms with van der Waals surface area (Å²) in [6.45, 7) is 4.16. The molecule has 2 N–H and O–H groups in total. The van der Waals surface area contributed by atoms with Crippen LogP contribution in [0.4, 0.5) is 8.78 Å². The monoisotopic (exact) mass is 227 g/mol. The van der Waals surface area contributed by atoms with E-state index in [9.17, 15) is 8.78 Å². The molecule has 3 heteroatoms. The minimum atomic E-state index is -0.544. The van der Waals surface area contributed by atoms with Crippen LogP contribution < -0.4 is 5.73 Å². The number of nitrogens with two attached hydrogens (primary N) is 1. The molecule has 90 valence electrons. The topological polar surface area (TPSA) is 26.0 Å². The van der Waals surface area contributed by atoms with Gasteiger partial charge in [-0.25, -0.2) is 8.78 Å². The second kappa shape index (κ2) is 5.94. The molecule has 1 rings (SSSR count). The fraction of sp³-hybridized carbons (Fsp3) is 0.538. The van der Waals surface area contributed by atoms with Crippen molar-refractivity contribution in [2.24, 2.45) is 11.7 Å². The van der Waals surface area contributed by atoms with E-state index in [0.29, 0.717) is 17.9 Å². The molecule has 1 aromatic rings. The molecule has 1 unspecified atom stereocenters. The Bertz CT molecular complexity index is 335. The quantitative estimate of drug-likeness (QED) is 0.820. The zero-order valence-corrected chi connectivity index (χ0v) is 9.84. The summed E-state index contributed by atoms with van der Waals surface area (Å²) in [6.07, 6.45) is 2.44. The third-order valence-electron chi connectivity index (χ3n) is 3.12. The van der Waals surface area contributed by atoms with E-state index in [1.54, 1.807) is 0 Å². The summed E-state index contributed by atoms with van der Waals surface area (Å²) in [7, 11) is 0. The molecule has 0 heterocycles. The van der Waals surface area contributed by atoms with E-state index in [1.165, 1.54) is 12.1 Å². The van der Waals surface area contributed by atoms with Crippen molar-refractivity contribution < 1.29 is 8.78 Å². The minimum Gasteiger partial charge on any atom is -0.327 e. The van der Waals surface area contributed by atoms with Crippen LogP contribution in [0.3, 0.4) is 0 Å². The molecular formula is C13H19F2N. The van der Waals surface area contributed by atoms with Crippen molar-refractivity contribution in [3.63, 3.8) is 0 Å². The average Bonchev–Trinajstić information content (AvgIpc) is 2.24. The Hall–Kier alpha value is -0.960. The summed E-state index contributed by atoms with van der Waals surface area (Å²) in [5.74, 6) is -0.650. The highest BCUT2D eigenvalue weighted by Gasteiger charge is 2.16. The predicted octanol–water partition coefficient (Wildman–Crippen LogP) is 3.27. The number of hydrogen-bond donors (Lipinski definition) is 1. The SMILES string of the molecule is CCC(CC)C(N)Cc1ccc(F)cc1F. The first kappa shape index (κ1) is 13.1. The van der Waals surface area contributed by atoms with Gasteiger partial charge in [0.05, 0.1) is 0 Å². The van der Waals surface area contributed by atoms with E-state index in [-0.39, 0.29) is 6.04 Å². The fourth-order valence-electron chi connectivity index (χ4n) is 2.00. The molecule has 0 radical (unpaired) electrons. The van der Waals surface area contributed by atoms with Gasteiger partial charge in [-0.3, -0.25) is 0 Å². The minimum absolute atomic E-state index is 0.0602. The summed E-state index contributed by atoms with van der Waals surface area (Å²) in [5.41, 5.74) is 6.52. The molecular weight excluding hydrogens is 208 g/mol. The lowest BCUT2D eigenvalue weighted by Gasteiger charge is -2.21. The first-order valence-electron chi connectivity index (χ1n) is 5.78. The lowest BCUT2D eigenvalue weighted by molar-refractivity contribution is 0.389. The summed E-state index contributed by atoms with van der Waals surface area (Å²) >= 11 is 0. The van der Waals surface area contributed by atoms with Crippen molar-refractivity contribution in [3.05, 3.63) is 35.4 Å². The molecule has 16 heavy (non-hydrogen) atoms. The molecule has 1 nitrogen and oxygen atoms in total. The molecule has 0 saturated carbocycles. The standard InChI is InChI=1S/C13H19F2N/c1-3-9(4-2)13(16)7-10-5-6-11(14)8-12(10)15/h5-6,8-9,13H,3-4,7,16H2,1-2H3. The third-order valence-corrected chi connectivity index (χ3v) is 3.12. The van der Waals surface area contributed by atoms with Crippen LogP contribution in [0, 0.1) is 17.6 Å². The van der Waals surface area contributed by atoms with Gasteiger partial charge >= 0.3 is 0 Å². The Morgan fingerprint density at radius 1 is 1.19 bits per heavy atom. The maximum Gasteiger partial charge on any atom is 0.129 e. The van der Waals surface area contributed by atoms with Crippen molar-refractivity contribution in [3.8, 4) is 0 Å². The maximum atomic E-state index is 13.4. The third kappa shape index (κ3) is 3.27. The van der Waals surface area contributed by atoms with Crippen LogP contribution in [0.1, 0.15) is 32.3 Å². The van der Waals surface area contributed by atoms with Crippen LogP contribution in [0.5, 0.6) is 0 Å². The van der Waals surface area contributed by atoms with E-state index in [4.69, 9.17) is 5.73 Å². The van der Waals surface area contributed by atoms with Gasteiger partial charge in [-0.2, -0.15) is 0 Å². The van der Waals surface area contributed by atoms with Crippen LogP contribution in [-0.2, 0) is 6.42 Å². The summed E-state index contributed by atoms with van der Waals surface area (Å²) in [6, 6.07) is 3.61. The largest absolute Gasteiger partial charge is 0.327 e. The summed E-state index contributed by atoms with van der Waals surface area (Å²) in [5, 5.41) is 0. The van der Waals surface area contributed by atoms with Gasteiger partial charge in [0.1, 0.15) is 11.6 Å². The van der Waals surface area contributed by atoms with Gasteiger partial charge in [-0.1, -0.05) is 32.8 Å². The van der Waals surface area contributed by atoms with Crippen molar-refractivity contribution in [1.82, 2.24) is 0 Å². The first-order chi connectivity index (χ1) is 7.58. The molecule has 0 aliphatic rings. The van der Waals surface area contributed by atoms with Gasteiger partial charge in [0.15, 0.2) is 0 Å². The Kier molecular flexibility index (Phi) is 4.87. The normalized spacial score (nSPS) is 13.1. The molecule has 0 aliphatic heterocycles. The van der Waals surface area contributed by atoms with Gasteiger partial charge in [0.25, 0.3) is 0 Å². The van der Waals surface area contributed by atoms with E-state index >= 15 is 0 Å². The van der Waals surface area contributed by atoms with Gasteiger partial charge in [0.2, 0.25) is 0 Å². The van der Waals surface area contributed by atoms with Gasteiger partial charge in [-0.05, 0) is 24.0 Å². The molecule has 1 atom stereocenters. The van der Waals surface area contributed by atoms with E-state index in [1.807, 2.05) is 0 Å². The second-order valence-electron chi connectivity index (χ2n) is 4.18. The predicted molar refractivity (Wildman–Crippen MR) is 62.1 cm³/mol. The van der Waals surface area contributed by atoms with Crippen molar-refractivity contribution in [2.45, 2.75) is 39.2 Å². The molecule has 0 spiro atoms. The maximum absolute atomic E-state index is 13.4. The Balaban J connectivity index is 2.72. The Morgan fingerprint density at radius 2 is 1.81 bits per heavy atom. The molecule has 0 aromatic heterocycles. The van der Waals surface area contributed by atoms with E-state index < -0.39 is 11.6 Å². The van der Waals surface area contributed by atoms with Gasteiger partial charge < -0.3 is 5.73 Å². The number of halogens is 2. The highest BCUT2D eigenvalue weighted by atomic mass is 19.1. The molecule has 1 aromatic carbocycles. The number of benzene rings is 1.